The Morgan fingerprint density at radius 2 is 1.88 bits per heavy atom. The standard InChI is InChI=1S/C15H14N6O3S2/c1-2-24-11(22)6-9-7-25-14(18-9)20-12(23)10-8-26-15(19-10)21-13-16-4-3-5-17-13/h3-5,7-8H,2,6H2,1H3,(H,18,20,23)(H,16,17,19,21). The first kappa shape index (κ1) is 17.9. The van der Waals surface area contributed by atoms with Crippen molar-refractivity contribution in [1.29, 1.82) is 0 Å². The predicted octanol–water partition coefficient (Wildman–Crippen LogP) is 2.49. The van der Waals surface area contributed by atoms with Gasteiger partial charge in [0.25, 0.3) is 5.91 Å². The van der Waals surface area contributed by atoms with E-state index in [0.29, 0.717) is 28.5 Å². The van der Waals surface area contributed by atoms with Gasteiger partial charge >= 0.3 is 5.97 Å². The van der Waals surface area contributed by atoms with Crippen LogP contribution in [0.15, 0.2) is 29.2 Å². The molecular formula is C15H14N6O3S2. The monoisotopic (exact) mass is 390 g/mol. The lowest BCUT2D eigenvalue weighted by Gasteiger charge is -2.00. The van der Waals surface area contributed by atoms with E-state index in [1.165, 1.54) is 22.7 Å². The maximum Gasteiger partial charge on any atom is 0.311 e. The van der Waals surface area contributed by atoms with Crippen LogP contribution in [0, 0.1) is 0 Å². The van der Waals surface area contributed by atoms with E-state index in [9.17, 15) is 9.59 Å². The maximum atomic E-state index is 12.3. The molecule has 2 N–H and O–H groups in total. The number of esters is 1. The molecule has 0 aliphatic heterocycles. The van der Waals surface area contributed by atoms with Crippen LogP contribution in [0.1, 0.15) is 23.1 Å². The summed E-state index contributed by atoms with van der Waals surface area (Å²) < 4.78 is 4.87. The maximum absolute atomic E-state index is 12.3. The normalized spacial score (nSPS) is 10.3. The second-order valence-corrected chi connectivity index (χ2v) is 6.53. The Hall–Kier alpha value is -2.92. The first-order valence-electron chi connectivity index (χ1n) is 7.55. The van der Waals surface area contributed by atoms with Crippen LogP contribution in [0.4, 0.5) is 16.2 Å². The van der Waals surface area contributed by atoms with Crippen molar-refractivity contribution in [2.24, 2.45) is 0 Å². The number of anilines is 3. The first-order valence-corrected chi connectivity index (χ1v) is 9.31. The van der Waals surface area contributed by atoms with Crippen LogP contribution in [0.2, 0.25) is 0 Å². The van der Waals surface area contributed by atoms with Gasteiger partial charge in [-0.25, -0.2) is 19.9 Å². The van der Waals surface area contributed by atoms with Crippen molar-refractivity contribution in [3.05, 3.63) is 40.6 Å². The lowest BCUT2D eigenvalue weighted by molar-refractivity contribution is -0.142. The number of carbonyl (C=O) groups excluding carboxylic acids is 2. The summed E-state index contributed by atoms with van der Waals surface area (Å²) in [5, 5.41) is 9.80. The highest BCUT2D eigenvalue weighted by Crippen LogP contribution is 2.21. The van der Waals surface area contributed by atoms with Crippen LogP contribution < -0.4 is 10.6 Å². The highest BCUT2D eigenvalue weighted by atomic mass is 32.1. The molecule has 0 aromatic carbocycles. The smallest absolute Gasteiger partial charge is 0.311 e. The van der Waals surface area contributed by atoms with Gasteiger partial charge in [0, 0.05) is 23.2 Å². The summed E-state index contributed by atoms with van der Waals surface area (Å²) in [6.45, 7) is 2.06. The van der Waals surface area contributed by atoms with Gasteiger partial charge in [-0.1, -0.05) is 0 Å². The zero-order chi connectivity index (χ0) is 18.4. The Bertz CT molecular complexity index is 896. The molecule has 0 aliphatic carbocycles. The molecule has 0 unspecified atom stereocenters. The van der Waals surface area contributed by atoms with Gasteiger partial charge in [-0.15, -0.1) is 22.7 Å². The zero-order valence-electron chi connectivity index (χ0n) is 13.6. The Kier molecular flexibility index (Phi) is 5.81. The van der Waals surface area contributed by atoms with E-state index in [4.69, 9.17) is 4.74 Å². The van der Waals surface area contributed by atoms with E-state index < -0.39 is 0 Å². The number of ether oxygens (including phenoxy) is 1. The number of aromatic nitrogens is 4. The number of thiazole rings is 2. The minimum Gasteiger partial charge on any atom is -0.466 e. The topological polar surface area (TPSA) is 119 Å². The molecule has 9 nitrogen and oxygen atoms in total. The summed E-state index contributed by atoms with van der Waals surface area (Å²) in [5.41, 5.74) is 0.793. The summed E-state index contributed by atoms with van der Waals surface area (Å²) in [6, 6.07) is 1.70. The molecule has 0 bridgehead atoms. The molecule has 134 valence electrons. The Morgan fingerprint density at radius 3 is 2.65 bits per heavy atom. The minimum atomic E-state index is -0.389. The van der Waals surface area contributed by atoms with Crippen molar-refractivity contribution in [1.82, 2.24) is 19.9 Å². The fourth-order valence-electron chi connectivity index (χ4n) is 1.86. The zero-order valence-corrected chi connectivity index (χ0v) is 15.3. The number of hydrogen-bond acceptors (Lipinski definition) is 10. The number of amides is 1. The number of rotatable bonds is 7. The summed E-state index contributed by atoms with van der Waals surface area (Å²) in [7, 11) is 0. The summed E-state index contributed by atoms with van der Waals surface area (Å²) in [4.78, 5) is 40.2. The van der Waals surface area contributed by atoms with Gasteiger partial charge in [-0.05, 0) is 13.0 Å². The molecule has 0 saturated carbocycles. The van der Waals surface area contributed by atoms with E-state index >= 15 is 0 Å². The molecule has 0 aliphatic rings. The van der Waals surface area contributed by atoms with Gasteiger partial charge in [0.2, 0.25) is 5.95 Å². The van der Waals surface area contributed by atoms with E-state index in [1.54, 1.807) is 36.1 Å². The van der Waals surface area contributed by atoms with Crippen LogP contribution in [-0.2, 0) is 16.0 Å². The molecule has 0 fully saturated rings. The van der Waals surface area contributed by atoms with Crippen LogP contribution >= 0.6 is 22.7 Å². The Labute approximate surface area is 156 Å². The lowest BCUT2D eigenvalue weighted by Crippen LogP contribution is -2.13. The molecule has 26 heavy (non-hydrogen) atoms. The summed E-state index contributed by atoms with van der Waals surface area (Å²) >= 11 is 2.49. The van der Waals surface area contributed by atoms with Gasteiger partial charge in [0.15, 0.2) is 10.3 Å². The van der Waals surface area contributed by atoms with E-state index in [0.717, 1.165) is 0 Å². The molecule has 0 saturated heterocycles. The second kappa shape index (κ2) is 8.45. The van der Waals surface area contributed by atoms with Gasteiger partial charge < -0.3 is 10.1 Å². The number of nitrogens with zero attached hydrogens (tertiary/aromatic N) is 4. The Morgan fingerprint density at radius 1 is 1.12 bits per heavy atom. The van der Waals surface area contributed by atoms with E-state index in [1.807, 2.05) is 0 Å². The lowest BCUT2D eigenvalue weighted by atomic mass is 10.3. The second-order valence-electron chi connectivity index (χ2n) is 4.82. The molecule has 0 atom stereocenters. The Balaban J connectivity index is 1.58. The van der Waals surface area contributed by atoms with Crippen LogP contribution in [0.5, 0.6) is 0 Å². The molecule has 3 aromatic rings. The van der Waals surface area contributed by atoms with Crippen LogP contribution in [0.3, 0.4) is 0 Å². The van der Waals surface area contributed by atoms with Crippen LogP contribution in [0.25, 0.3) is 0 Å². The first-order chi connectivity index (χ1) is 12.6. The number of hydrogen-bond donors (Lipinski definition) is 2. The van der Waals surface area contributed by atoms with Crippen molar-refractivity contribution in [3.8, 4) is 0 Å². The third-order valence-electron chi connectivity index (χ3n) is 2.92. The number of nitrogens with one attached hydrogen (secondary N) is 2. The predicted molar refractivity (Wildman–Crippen MR) is 97.8 cm³/mol. The largest absolute Gasteiger partial charge is 0.466 e. The van der Waals surface area contributed by atoms with Crippen molar-refractivity contribution in [3.63, 3.8) is 0 Å². The van der Waals surface area contributed by atoms with Gasteiger partial charge in [-0.3, -0.25) is 14.9 Å². The third-order valence-corrected chi connectivity index (χ3v) is 4.49. The molecule has 3 heterocycles. The van der Waals surface area contributed by atoms with Crippen molar-refractivity contribution < 1.29 is 14.3 Å². The average molecular weight is 390 g/mol. The molecule has 11 heteroatoms. The molecule has 3 rings (SSSR count). The molecular weight excluding hydrogens is 376 g/mol. The van der Waals surface area contributed by atoms with Gasteiger partial charge in [0.1, 0.15) is 5.69 Å². The summed E-state index contributed by atoms with van der Waals surface area (Å²) in [5.74, 6) is -0.341. The quantitative estimate of drug-likeness (QED) is 0.591. The van der Waals surface area contributed by atoms with Gasteiger partial charge in [0.05, 0.1) is 18.7 Å². The SMILES string of the molecule is CCOC(=O)Cc1csc(NC(=O)c2csc(Nc3ncccn3)n2)n1. The summed E-state index contributed by atoms with van der Waals surface area (Å²) in [6.07, 6.45) is 3.28. The molecule has 3 aromatic heterocycles. The van der Waals surface area contributed by atoms with Crippen molar-refractivity contribution >= 4 is 50.8 Å². The van der Waals surface area contributed by atoms with E-state index in [-0.39, 0.29) is 24.0 Å². The van der Waals surface area contributed by atoms with Crippen molar-refractivity contribution in [2.45, 2.75) is 13.3 Å². The fourth-order valence-corrected chi connectivity index (χ4v) is 3.25. The van der Waals surface area contributed by atoms with Crippen molar-refractivity contribution in [2.75, 3.05) is 17.2 Å². The highest BCUT2D eigenvalue weighted by Gasteiger charge is 2.14. The average Bonchev–Trinajstić information content (AvgIpc) is 3.26. The number of carbonyl (C=O) groups is 2. The fraction of sp³-hybridized carbons (Fsp3) is 0.200. The molecule has 1 amide bonds. The van der Waals surface area contributed by atoms with E-state index in [2.05, 4.69) is 30.6 Å². The highest BCUT2D eigenvalue weighted by molar-refractivity contribution is 7.14. The third kappa shape index (κ3) is 4.80. The minimum absolute atomic E-state index is 0.0715. The molecule has 0 radical (unpaired) electrons. The molecule has 0 spiro atoms. The van der Waals surface area contributed by atoms with Gasteiger partial charge in [-0.2, -0.15) is 0 Å². The van der Waals surface area contributed by atoms with Crippen LogP contribution in [-0.4, -0.2) is 38.4 Å².